The van der Waals surface area contributed by atoms with Crippen LogP contribution in [0.15, 0.2) is 23.3 Å². The van der Waals surface area contributed by atoms with Crippen LogP contribution in [0.2, 0.25) is 0 Å². The van der Waals surface area contributed by atoms with Gasteiger partial charge in [-0.1, -0.05) is 13.3 Å². The maximum absolute atomic E-state index is 11.8. The number of ether oxygens (including phenoxy) is 2. The number of aliphatic hydroxyl groups excluding tert-OH is 1. The number of nitrogens with one attached hydrogen (secondary N) is 2. The Morgan fingerprint density at radius 3 is 2.88 bits per heavy atom. The highest BCUT2D eigenvalue weighted by atomic mass is 16.5. The maximum atomic E-state index is 11.8. The number of aromatic nitrogens is 3. The van der Waals surface area contributed by atoms with Gasteiger partial charge in [0.05, 0.1) is 19.0 Å². The molecule has 8 nitrogen and oxygen atoms in total. The Balaban J connectivity index is 2.19. The first-order chi connectivity index (χ1) is 12.6. The van der Waals surface area contributed by atoms with Crippen LogP contribution in [0.1, 0.15) is 37.7 Å². The van der Waals surface area contributed by atoms with E-state index in [2.05, 4.69) is 27.2 Å². The molecule has 0 amide bonds. The van der Waals surface area contributed by atoms with Crippen LogP contribution >= 0.6 is 0 Å². The van der Waals surface area contributed by atoms with E-state index in [9.17, 15) is 9.90 Å². The highest BCUT2D eigenvalue weighted by Gasteiger charge is 2.15. The van der Waals surface area contributed by atoms with Crippen molar-refractivity contribution >= 4 is 5.82 Å². The molecule has 2 rings (SSSR count). The topological polar surface area (TPSA) is 109 Å². The number of aliphatic hydroxyl groups is 1. The zero-order chi connectivity index (χ0) is 18.9. The third kappa shape index (κ3) is 5.19. The monoisotopic (exact) mass is 362 g/mol. The summed E-state index contributed by atoms with van der Waals surface area (Å²) in [6.07, 6.45) is 5.66. The first-order valence-electron chi connectivity index (χ1n) is 8.67. The molecule has 142 valence electrons. The van der Waals surface area contributed by atoms with Crippen LogP contribution in [-0.2, 0) is 6.61 Å². The van der Waals surface area contributed by atoms with Gasteiger partial charge in [0.25, 0.3) is 0 Å². The molecular weight excluding hydrogens is 336 g/mol. The molecule has 0 aliphatic rings. The Bertz CT molecular complexity index is 757. The van der Waals surface area contributed by atoms with Crippen molar-refractivity contribution in [3.8, 4) is 11.5 Å². The second kappa shape index (κ2) is 9.76. The fourth-order valence-corrected chi connectivity index (χ4v) is 2.64. The predicted molar refractivity (Wildman–Crippen MR) is 98.7 cm³/mol. The number of aryl methyl sites for hydroxylation is 1. The van der Waals surface area contributed by atoms with Crippen LogP contribution in [0.5, 0.6) is 11.5 Å². The fraction of sp³-hybridized carbons (Fsp3) is 0.500. The molecule has 26 heavy (non-hydrogen) atoms. The minimum atomic E-state index is -0.214. The first kappa shape index (κ1) is 19.7. The molecule has 0 aliphatic heterocycles. The molecular formula is C18H26N4O4. The van der Waals surface area contributed by atoms with Crippen LogP contribution in [0.4, 0.5) is 5.82 Å². The zero-order valence-corrected chi connectivity index (χ0v) is 15.4. The van der Waals surface area contributed by atoms with Crippen molar-refractivity contribution in [1.29, 1.82) is 0 Å². The van der Waals surface area contributed by atoms with E-state index in [-0.39, 0.29) is 30.4 Å². The molecule has 0 fully saturated rings. The summed E-state index contributed by atoms with van der Waals surface area (Å²) in [5.41, 5.74) is 0.321. The minimum Gasteiger partial charge on any atom is -0.491 e. The molecule has 2 aromatic rings. The van der Waals surface area contributed by atoms with Crippen molar-refractivity contribution < 1.29 is 14.6 Å². The van der Waals surface area contributed by atoms with Crippen LogP contribution < -0.4 is 20.2 Å². The summed E-state index contributed by atoms with van der Waals surface area (Å²) in [6, 6.07) is 1.49. The van der Waals surface area contributed by atoms with E-state index in [4.69, 9.17) is 9.47 Å². The molecule has 1 atom stereocenters. The summed E-state index contributed by atoms with van der Waals surface area (Å²) in [5, 5.41) is 12.6. The average molecular weight is 362 g/mol. The van der Waals surface area contributed by atoms with Gasteiger partial charge in [0.1, 0.15) is 12.4 Å². The third-order valence-corrected chi connectivity index (χ3v) is 3.90. The highest BCUT2D eigenvalue weighted by Crippen LogP contribution is 2.25. The zero-order valence-electron chi connectivity index (χ0n) is 15.4. The van der Waals surface area contributed by atoms with Gasteiger partial charge in [0, 0.05) is 24.9 Å². The molecule has 3 N–H and O–H groups in total. The number of nitrogens with zero attached hydrogens (tertiary/aromatic N) is 2. The first-order valence-corrected chi connectivity index (χ1v) is 8.67. The van der Waals surface area contributed by atoms with Gasteiger partial charge < -0.3 is 24.9 Å². The maximum Gasteiger partial charge on any atom is 0.223 e. The van der Waals surface area contributed by atoms with E-state index in [0.29, 0.717) is 29.5 Å². The van der Waals surface area contributed by atoms with E-state index < -0.39 is 0 Å². The van der Waals surface area contributed by atoms with Gasteiger partial charge in [-0.15, -0.1) is 0 Å². The van der Waals surface area contributed by atoms with Gasteiger partial charge in [0.2, 0.25) is 5.43 Å². The Morgan fingerprint density at radius 2 is 2.19 bits per heavy atom. The second-order valence-corrected chi connectivity index (χ2v) is 5.91. The average Bonchev–Trinajstić information content (AvgIpc) is 2.61. The van der Waals surface area contributed by atoms with Gasteiger partial charge in [0.15, 0.2) is 17.3 Å². The molecule has 2 aromatic heterocycles. The molecule has 0 radical (unpaired) electrons. The molecule has 0 saturated carbocycles. The molecule has 0 aliphatic carbocycles. The number of aromatic amines is 1. The molecule has 0 saturated heterocycles. The van der Waals surface area contributed by atoms with Gasteiger partial charge >= 0.3 is 0 Å². The Morgan fingerprint density at radius 1 is 1.38 bits per heavy atom. The molecule has 0 spiro atoms. The van der Waals surface area contributed by atoms with Crippen molar-refractivity contribution in [1.82, 2.24) is 15.0 Å². The number of pyridine rings is 1. The summed E-state index contributed by atoms with van der Waals surface area (Å²) < 4.78 is 11.0. The van der Waals surface area contributed by atoms with Crippen molar-refractivity contribution in [2.24, 2.45) is 0 Å². The summed E-state index contributed by atoms with van der Waals surface area (Å²) >= 11 is 0. The lowest BCUT2D eigenvalue weighted by atomic mass is 10.1. The van der Waals surface area contributed by atoms with E-state index >= 15 is 0 Å². The van der Waals surface area contributed by atoms with Crippen LogP contribution in [0.25, 0.3) is 0 Å². The molecule has 0 unspecified atom stereocenters. The number of hydrogen-bond acceptors (Lipinski definition) is 7. The lowest BCUT2D eigenvalue weighted by Gasteiger charge is -2.20. The normalized spacial score (nSPS) is 11.8. The van der Waals surface area contributed by atoms with Crippen LogP contribution in [0.3, 0.4) is 0 Å². The lowest BCUT2D eigenvalue weighted by molar-refractivity contribution is 0.274. The summed E-state index contributed by atoms with van der Waals surface area (Å²) in [7, 11) is 1.44. The summed E-state index contributed by atoms with van der Waals surface area (Å²) in [6.45, 7) is 4.10. The largest absolute Gasteiger partial charge is 0.491 e. The Hall–Kier alpha value is -2.61. The van der Waals surface area contributed by atoms with Crippen LogP contribution in [0, 0.1) is 6.92 Å². The SMILES string of the molecule is CCC[C@@H](CCO)Nc1nc(C)ncc1OCc1[nH]ccc(=O)c1OC. The van der Waals surface area contributed by atoms with E-state index in [1.807, 2.05) is 0 Å². The number of methoxy groups -OCH3 is 1. The van der Waals surface area contributed by atoms with Crippen molar-refractivity contribution in [2.45, 2.75) is 45.8 Å². The minimum absolute atomic E-state index is 0.0905. The number of hydrogen-bond donors (Lipinski definition) is 3. The van der Waals surface area contributed by atoms with Crippen molar-refractivity contribution in [3.05, 3.63) is 40.2 Å². The fourth-order valence-electron chi connectivity index (χ4n) is 2.64. The van der Waals surface area contributed by atoms with Gasteiger partial charge in [-0.2, -0.15) is 0 Å². The molecule has 0 bridgehead atoms. The Labute approximate surface area is 152 Å². The Kier molecular flexibility index (Phi) is 7.40. The number of H-pyrrole nitrogens is 1. The van der Waals surface area contributed by atoms with Crippen LogP contribution in [-0.4, -0.2) is 39.8 Å². The quantitative estimate of drug-likeness (QED) is 0.593. The molecule has 2 heterocycles. The lowest BCUT2D eigenvalue weighted by Crippen LogP contribution is -2.22. The predicted octanol–water partition coefficient (Wildman–Crippen LogP) is 2.02. The molecule has 0 aromatic carbocycles. The second-order valence-electron chi connectivity index (χ2n) is 5.91. The van der Waals surface area contributed by atoms with Gasteiger partial charge in [-0.25, -0.2) is 9.97 Å². The van der Waals surface area contributed by atoms with Gasteiger partial charge in [-0.3, -0.25) is 4.79 Å². The smallest absolute Gasteiger partial charge is 0.223 e. The standard InChI is InChI=1S/C18H26N4O4/c1-4-5-13(7-9-23)22-18-16(10-20-12(2)21-18)26-11-14-17(25-3)15(24)6-8-19-14/h6,8,10,13,23H,4-5,7,9,11H2,1-3H3,(H,19,24)(H,20,21,22)/t13-/m0/s1. The van der Waals surface area contributed by atoms with E-state index in [0.717, 1.165) is 12.8 Å². The highest BCUT2D eigenvalue weighted by molar-refractivity contribution is 5.49. The van der Waals surface area contributed by atoms with Gasteiger partial charge in [-0.05, 0) is 19.8 Å². The van der Waals surface area contributed by atoms with E-state index in [1.165, 1.54) is 13.2 Å². The summed E-state index contributed by atoms with van der Waals surface area (Å²) in [5.74, 6) is 1.88. The summed E-state index contributed by atoms with van der Waals surface area (Å²) in [4.78, 5) is 23.4. The molecule has 8 heteroatoms. The third-order valence-electron chi connectivity index (χ3n) is 3.90. The van der Waals surface area contributed by atoms with Crippen molar-refractivity contribution in [2.75, 3.05) is 19.0 Å². The van der Waals surface area contributed by atoms with Crippen molar-refractivity contribution in [3.63, 3.8) is 0 Å². The number of rotatable bonds is 10. The van der Waals surface area contributed by atoms with E-state index in [1.54, 1.807) is 19.3 Å². The number of anilines is 1.